The topological polar surface area (TPSA) is 83.0 Å². The summed E-state index contributed by atoms with van der Waals surface area (Å²) in [4.78, 5) is 4.36. The maximum atomic E-state index is 9.35. The molecule has 1 aliphatic rings. The lowest BCUT2D eigenvalue weighted by Crippen LogP contribution is -2.07. The van der Waals surface area contributed by atoms with Crippen LogP contribution < -0.4 is 10.6 Å². The van der Waals surface area contributed by atoms with Crippen LogP contribution >= 0.6 is 11.9 Å². The van der Waals surface area contributed by atoms with Crippen molar-refractivity contribution in [1.29, 1.82) is 5.26 Å². The van der Waals surface area contributed by atoms with Gasteiger partial charge in [0.15, 0.2) is 17.2 Å². The number of nitrogens with zero attached hydrogens (tertiary/aromatic N) is 5. The Balaban J connectivity index is 1.57. The second kappa shape index (κ2) is 6.21. The van der Waals surface area contributed by atoms with Crippen molar-refractivity contribution >= 4 is 45.7 Å². The lowest BCUT2D eigenvalue weighted by Gasteiger charge is -2.11. The van der Waals surface area contributed by atoms with E-state index in [2.05, 4.69) is 55.2 Å². The number of hydrogen-bond donors (Lipinski definition) is 2. The van der Waals surface area contributed by atoms with E-state index < -0.39 is 0 Å². The third-order valence-corrected chi connectivity index (χ3v) is 5.36. The van der Waals surface area contributed by atoms with Crippen molar-refractivity contribution in [3.63, 3.8) is 0 Å². The van der Waals surface area contributed by atoms with Crippen LogP contribution in [0.25, 0.3) is 16.6 Å². The third kappa shape index (κ3) is 2.86. The second-order valence-corrected chi connectivity index (χ2v) is 7.33. The van der Waals surface area contributed by atoms with E-state index in [0.29, 0.717) is 23.2 Å². The van der Waals surface area contributed by atoms with Crippen LogP contribution in [-0.4, -0.2) is 30.9 Å². The summed E-state index contributed by atoms with van der Waals surface area (Å²) < 4.78 is 3.72. The van der Waals surface area contributed by atoms with Crippen molar-refractivity contribution in [2.24, 2.45) is 0 Å². The number of fused-ring (bicyclic) bond motifs is 2. The molecule has 3 heterocycles. The molecule has 1 fully saturated rings. The highest BCUT2D eigenvalue weighted by Gasteiger charge is 2.23. The van der Waals surface area contributed by atoms with Crippen LogP contribution in [0.5, 0.6) is 0 Å². The molecule has 1 aliphatic carbocycles. The van der Waals surface area contributed by atoms with Crippen LogP contribution in [0.1, 0.15) is 18.5 Å². The molecule has 0 atom stereocenters. The predicted molar refractivity (Wildman–Crippen MR) is 108 cm³/mol. The van der Waals surface area contributed by atoms with Gasteiger partial charge in [0.05, 0.1) is 17.4 Å². The maximum Gasteiger partial charge on any atom is 0.178 e. The van der Waals surface area contributed by atoms with Crippen LogP contribution in [0.3, 0.4) is 0 Å². The van der Waals surface area contributed by atoms with Crippen molar-refractivity contribution in [2.75, 3.05) is 16.9 Å². The predicted octanol–water partition coefficient (Wildman–Crippen LogP) is 4.00. The average Bonchev–Trinajstić information content (AvgIpc) is 3.25. The number of hydrogen-bond acceptors (Lipinski definition) is 6. The second-order valence-electron chi connectivity index (χ2n) is 6.58. The van der Waals surface area contributed by atoms with Gasteiger partial charge in [-0.2, -0.15) is 9.78 Å². The molecule has 1 aromatic carbocycles. The van der Waals surface area contributed by atoms with E-state index >= 15 is 0 Å². The molecule has 0 saturated heterocycles. The molecule has 0 amide bonds. The first-order chi connectivity index (χ1) is 13.2. The Hall–Kier alpha value is -3.18. The molecule has 3 aromatic heterocycles. The van der Waals surface area contributed by atoms with E-state index in [0.717, 1.165) is 29.7 Å². The van der Waals surface area contributed by atoms with Crippen LogP contribution in [0, 0.1) is 11.3 Å². The van der Waals surface area contributed by atoms with Crippen molar-refractivity contribution in [3.8, 4) is 6.07 Å². The summed E-state index contributed by atoms with van der Waals surface area (Å²) in [7, 11) is 0. The van der Waals surface area contributed by atoms with E-state index in [1.165, 1.54) is 5.39 Å². The molecule has 5 rings (SSSR count). The summed E-state index contributed by atoms with van der Waals surface area (Å²) in [6.45, 7) is 0. The normalized spacial score (nSPS) is 13.8. The van der Waals surface area contributed by atoms with E-state index in [1.54, 1.807) is 22.7 Å². The van der Waals surface area contributed by atoms with Gasteiger partial charge in [-0.1, -0.05) is 6.07 Å². The Morgan fingerprint density at radius 3 is 2.93 bits per heavy atom. The zero-order chi connectivity index (χ0) is 18.4. The van der Waals surface area contributed by atoms with Crippen molar-refractivity contribution < 1.29 is 0 Å². The zero-order valence-corrected chi connectivity index (χ0v) is 15.5. The monoisotopic (exact) mass is 375 g/mol. The lowest BCUT2D eigenvalue weighted by atomic mass is 10.2. The van der Waals surface area contributed by atoms with Crippen LogP contribution in [0.2, 0.25) is 0 Å². The lowest BCUT2D eigenvalue weighted by molar-refractivity contribution is 0.924. The quantitative estimate of drug-likeness (QED) is 0.549. The molecule has 7 nitrogen and oxygen atoms in total. The van der Waals surface area contributed by atoms with Gasteiger partial charge in [-0.3, -0.25) is 3.97 Å². The molecule has 0 spiro atoms. The summed E-state index contributed by atoms with van der Waals surface area (Å²) >= 11 is 1.66. The highest BCUT2D eigenvalue weighted by Crippen LogP contribution is 2.30. The summed E-state index contributed by atoms with van der Waals surface area (Å²) in [5.41, 5.74) is 4.07. The Labute approximate surface area is 160 Å². The SMILES string of the molecule is CSn1ccc2ccc(Nc3cc(NC4CC4)c4ncc(C#N)n4n3)cc21. The number of imidazole rings is 1. The molecule has 0 aliphatic heterocycles. The molecule has 0 unspecified atom stereocenters. The Bertz CT molecular complexity index is 1200. The van der Waals surface area contributed by atoms with Gasteiger partial charge < -0.3 is 10.6 Å². The zero-order valence-electron chi connectivity index (χ0n) is 14.7. The molecule has 4 aromatic rings. The standard InChI is InChI=1S/C19H17N7S/c1-27-25-7-6-12-2-3-14(8-17(12)25)23-18-9-16(22-13-4-5-13)19-21-11-15(10-20)26(19)24-18/h2-3,6-9,11,13,22H,4-5H2,1H3,(H,23,24). The van der Waals surface area contributed by atoms with E-state index in [4.69, 9.17) is 0 Å². The minimum absolute atomic E-state index is 0.416. The number of benzene rings is 1. The summed E-state index contributed by atoms with van der Waals surface area (Å²) in [6, 6.07) is 12.9. The molecular weight excluding hydrogens is 358 g/mol. The van der Waals surface area contributed by atoms with Crippen LogP contribution in [0.4, 0.5) is 17.2 Å². The van der Waals surface area contributed by atoms with Gasteiger partial charge in [0.25, 0.3) is 0 Å². The number of anilines is 3. The van der Waals surface area contributed by atoms with E-state index in [9.17, 15) is 5.26 Å². The highest BCUT2D eigenvalue weighted by atomic mass is 32.2. The number of nitrogens with one attached hydrogen (secondary N) is 2. The number of nitriles is 1. The van der Waals surface area contributed by atoms with Gasteiger partial charge in [0.1, 0.15) is 6.07 Å². The Morgan fingerprint density at radius 1 is 1.26 bits per heavy atom. The molecule has 8 heteroatoms. The average molecular weight is 375 g/mol. The number of rotatable bonds is 5. The highest BCUT2D eigenvalue weighted by molar-refractivity contribution is 7.97. The minimum Gasteiger partial charge on any atom is -0.379 e. The van der Waals surface area contributed by atoms with Gasteiger partial charge in [0, 0.05) is 35.6 Å². The summed E-state index contributed by atoms with van der Waals surface area (Å²) in [6.07, 6.45) is 7.98. The molecule has 134 valence electrons. The van der Waals surface area contributed by atoms with Crippen molar-refractivity contribution in [1.82, 2.24) is 18.6 Å². The first kappa shape index (κ1) is 16.0. The van der Waals surface area contributed by atoms with Crippen molar-refractivity contribution in [2.45, 2.75) is 18.9 Å². The third-order valence-electron chi connectivity index (χ3n) is 4.65. The van der Waals surface area contributed by atoms with Gasteiger partial charge in [0.2, 0.25) is 0 Å². The van der Waals surface area contributed by atoms with E-state index in [1.807, 2.05) is 18.4 Å². The van der Waals surface area contributed by atoms with Crippen LogP contribution in [0.15, 0.2) is 42.7 Å². The fraction of sp³-hybridized carbons (Fsp3) is 0.211. The smallest absolute Gasteiger partial charge is 0.178 e. The van der Waals surface area contributed by atoms with Crippen LogP contribution in [-0.2, 0) is 0 Å². The molecular formula is C19H17N7S. The maximum absolute atomic E-state index is 9.35. The summed E-state index contributed by atoms with van der Waals surface area (Å²) in [5.74, 6) is 0.668. The molecule has 0 radical (unpaired) electrons. The first-order valence-electron chi connectivity index (χ1n) is 8.73. The van der Waals surface area contributed by atoms with Gasteiger partial charge >= 0.3 is 0 Å². The van der Waals surface area contributed by atoms with Crippen molar-refractivity contribution in [3.05, 3.63) is 48.4 Å². The largest absolute Gasteiger partial charge is 0.379 e. The first-order valence-corrected chi connectivity index (χ1v) is 9.91. The Kier molecular flexibility index (Phi) is 3.69. The fourth-order valence-corrected chi connectivity index (χ4v) is 3.69. The Morgan fingerprint density at radius 2 is 2.15 bits per heavy atom. The molecule has 1 saturated carbocycles. The molecule has 0 bridgehead atoms. The van der Waals surface area contributed by atoms with Gasteiger partial charge in [-0.05, 0) is 43.0 Å². The van der Waals surface area contributed by atoms with E-state index in [-0.39, 0.29) is 0 Å². The van der Waals surface area contributed by atoms with Gasteiger partial charge in [-0.15, -0.1) is 5.10 Å². The number of aromatic nitrogens is 4. The summed E-state index contributed by atoms with van der Waals surface area (Å²) in [5, 5.41) is 22.0. The molecule has 2 N–H and O–H groups in total. The molecule has 27 heavy (non-hydrogen) atoms. The minimum atomic E-state index is 0.416. The fourth-order valence-electron chi connectivity index (χ4n) is 3.15. The van der Waals surface area contributed by atoms with Gasteiger partial charge in [-0.25, -0.2) is 4.98 Å².